The molecule has 0 bridgehead atoms. The molecule has 0 N–H and O–H groups in total. The lowest BCUT2D eigenvalue weighted by Gasteiger charge is -2.36. The Kier molecular flexibility index (Phi) is 2.56. The van der Waals surface area contributed by atoms with E-state index in [9.17, 15) is 8.42 Å². The summed E-state index contributed by atoms with van der Waals surface area (Å²) in [4.78, 5) is 0.879. The SMILES string of the molecule is O=S(=O)(C1=C2CCC2COC1)c1ccccc1. The van der Waals surface area contributed by atoms with Crippen LogP contribution in [0, 0.1) is 5.92 Å². The van der Waals surface area contributed by atoms with E-state index in [0.717, 1.165) is 18.4 Å². The Hall–Kier alpha value is -1.13. The Morgan fingerprint density at radius 2 is 1.94 bits per heavy atom. The van der Waals surface area contributed by atoms with Gasteiger partial charge in [-0.2, -0.15) is 0 Å². The number of ether oxygens (including phenoxy) is 1. The van der Waals surface area contributed by atoms with Crippen LogP contribution in [0.3, 0.4) is 0 Å². The quantitative estimate of drug-likeness (QED) is 0.807. The molecular weight excluding hydrogens is 236 g/mol. The standard InChI is InChI=1S/C13H14O3S/c14-17(15,11-4-2-1-3-5-11)13-9-16-8-10-6-7-12(10)13/h1-5,10H,6-9H2. The van der Waals surface area contributed by atoms with Crippen LogP contribution in [0.25, 0.3) is 0 Å². The first-order valence-corrected chi connectivity index (χ1v) is 7.28. The van der Waals surface area contributed by atoms with E-state index in [-0.39, 0.29) is 6.61 Å². The zero-order valence-corrected chi connectivity index (χ0v) is 10.2. The summed E-state index contributed by atoms with van der Waals surface area (Å²) in [5, 5.41) is 0. The van der Waals surface area contributed by atoms with Gasteiger partial charge < -0.3 is 4.74 Å². The van der Waals surface area contributed by atoms with Crippen LogP contribution in [-0.2, 0) is 14.6 Å². The van der Waals surface area contributed by atoms with Crippen molar-refractivity contribution < 1.29 is 13.2 Å². The van der Waals surface area contributed by atoms with Crippen LogP contribution >= 0.6 is 0 Å². The predicted octanol–water partition coefficient (Wildman–Crippen LogP) is 2.15. The summed E-state index contributed by atoms with van der Waals surface area (Å²) >= 11 is 0. The van der Waals surface area contributed by atoms with Gasteiger partial charge in [0.25, 0.3) is 0 Å². The molecule has 1 aliphatic carbocycles. The number of rotatable bonds is 2. The molecular formula is C13H14O3S. The summed E-state index contributed by atoms with van der Waals surface area (Å²) in [6, 6.07) is 8.61. The molecule has 1 saturated carbocycles. The molecule has 1 aromatic rings. The summed E-state index contributed by atoms with van der Waals surface area (Å²) in [7, 11) is -3.34. The fraction of sp³-hybridized carbons (Fsp3) is 0.385. The molecule has 1 aliphatic heterocycles. The van der Waals surface area contributed by atoms with E-state index < -0.39 is 9.84 Å². The van der Waals surface area contributed by atoms with Crippen molar-refractivity contribution >= 4 is 9.84 Å². The highest BCUT2D eigenvalue weighted by Crippen LogP contribution is 2.41. The first kappa shape index (κ1) is 11.0. The highest BCUT2D eigenvalue weighted by Gasteiger charge is 2.36. The van der Waals surface area contributed by atoms with Gasteiger partial charge in [-0.05, 0) is 30.5 Å². The Balaban J connectivity index is 2.07. The number of sulfone groups is 1. The minimum atomic E-state index is -3.34. The maximum absolute atomic E-state index is 12.4. The van der Waals surface area contributed by atoms with E-state index in [0.29, 0.717) is 22.3 Å². The normalized spacial score (nSPS) is 24.1. The number of fused-ring (bicyclic) bond motifs is 1. The van der Waals surface area contributed by atoms with Crippen LogP contribution in [-0.4, -0.2) is 21.6 Å². The smallest absolute Gasteiger partial charge is 0.205 e. The third-order valence-corrected chi connectivity index (χ3v) is 5.46. The fourth-order valence-corrected chi connectivity index (χ4v) is 4.07. The highest BCUT2D eigenvalue weighted by molar-refractivity contribution is 7.95. The van der Waals surface area contributed by atoms with Gasteiger partial charge >= 0.3 is 0 Å². The van der Waals surface area contributed by atoms with Crippen molar-refractivity contribution in [2.75, 3.05) is 13.2 Å². The summed E-state index contributed by atoms with van der Waals surface area (Å²) in [6.07, 6.45) is 1.97. The lowest BCUT2D eigenvalue weighted by Crippen LogP contribution is -2.31. The van der Waals surface area contributed by atoms with Gasteiger partial charge in [-0.15, -0.1) is 0 Å². The topological polar surface area (TPSA) is 43.4 Å². The first-order chi connectivity index (χ1) is 8.19. The van der Waals surface area contributed by atoms with Crippen molar-refractivity contribution in [3.8, 4) is 0 Å². The maximum atomic E-state index is 12.4. The van der Waals surface area contributed by atoms with E-state index in [1.54, 1.807) is 24.3 Å². The van der Waals surface area contributed by atoms with Crippen molar-refractivity contribution in [3.63, 3.8) is 0 Å². The van der Waals surface area contributed by atoms with Crippen molar-refractivity contribution in [3.05, 3.63) is 40.8 Å². The van der Waals surface area contributed by atoms with Gasteiger partial charge in [0.2, 0.25) is 9.84 Å². The molecule has 1 atom stereocenters. The van der Waals surface area contributed by atoms with Crippen molar-refractivity contribution in [2.45, 2.75) is 17.7 Å². The zero-order valence-electron chi connectivity index (χ0n) is 9.43. The van der Waals surface area contributed by atoms with Crippen molar-refractivity contribution in [1.29, 1.82) is 0 Å². The van der Waals surface area contributed by atoms with Crippen LogP contribution in [0.5, 0.6) is 0 Å². The lowest BCUT2D eigenvalue weighted by molar-refractivity contribution is 0.0943. The van der Waals surface area contributed by atoms with Crippen LogP contribution in [0.2, 0.25) is 0 Å². The lowest BCUT2D eigenvalue weighted by atomic mass is 9.79. The molecule has 1 heterocycles. The van der Waals surface area contributed by atoms with Crippen molar-refractivity contribution in [1.82, 2.24) is 0 Å². The molecule has 17 heavy (non-hydrogen) atoms. The average molecular weight is 250 g/mol. The van der Waals surface area contributed by atoms with Gasteiger partial charge in [-0.3, -0.25) is 0 Å². The fourth-order valence-electron chi connectivity index (χ4n) is 2.42. The Morgan fingerprint density at radius 1 is 1.18 bits per heavy atom. The molecule has 3 nitrogen and oxygen atoms in total. The number of benzene rings is 1. The molecule has 1 unspecified atom stereocenters. The Morgan fingerprint density at radius 3 is 2.59 bits per heavy atom. The first-order valence-electron chi connectivity index (χ1n) is 5.79. The van der Waals surface area contributed by atoms with Gasteiger partial charge in [0.05, 0.1) is 23.0 Å². The van der Waals surface area contributed by atoms with Gasteiger partial charge in [0, 0.05) is 5.92 Å². The largest absolute Gasteiger partial charge is 0.375 e. The van der Waals surface area contributed by atoms with E-state index >= 15 is 0 Å². The molecule has 0 saturated heterocycles. The summed E-state index contributed by atoms with van der Waals surface area (Å²) in [6.45, 7) is 0.923. The molecule has 0 aromatic heterocycles. The minimum absolute atomic E-state index is 0.239. The summed E-state index contributed by atoms with van der Waals surface area (Å²) in [5.74, 6) is 0.345. The summed E-state index contributed by atoms with van der Waals surface area (Å²) < 4.78 is 30.3. The number of hydrogen-bond donors (Lipinski definition) is 0. The van der Waals surface area contributed by atoms with Gasteiger partial charge in [-0.25, -0.2) is 8.42 Å². The number of hydrogen-bond acceptors (Lipinski definition) is 3. The molecule has 90 valence electrons. The molecule has 3 rings (SSSR count). The highest BCUT2D eigenvalue weighted by atomic mass is 32.2. The van der Waals surface area contributed by atoms with E-state index in [4.69, 9.17) is 4.74 Å². The Labute approximate surface area is 101 Å². The molecule has 4 heteroatoms. The van der Waals surface area contributed by atoms with E-state index in [1.165, 1.54) is 0 Å². The second-order valence-corrected chi connectivity index (χ2v) is 6.49. The summed E-state index contributed by atoms with van der Waals surface area (Å²) in [5.41, 5.74) is 1.10. The van der Waals surface area contributed by atoms with E-state index in [2.05, 4.69) is 0 Å². The zero-order chi connectivity index (χ0) is 11.9. The van der Waals surface area contributed by atoms with Gasteiger partial charge in [-0.1, -0.05) is 18.2 Å². The molecule has 0 radical (unpaired) electrons. The predicted molar refractivity (Wildman–Crippen MR) is 64.2 cm³/mol. The molecule has 0 amide bonds. The van der Waals surface area contributed by atoms with Crippen LogP contribution in [0.1, 0.15) is 12.8 Å². The second-order valence-electron chi connectivity index (χ2n) is 4.52. The van der Waals surface area contributed by atoms with Crippen LogP contribution < -0.4 is 0 Å². The second kappa shape index (κ2) is 3.96. The van der Waals surface area contributed by atoms with E-state index in [1.807, 2.05) is 6.07 Å². The average Bonchev–Trinajstić information content (AvgIpc) is 2.31. The Bertz CT molecular complexity index is 558. The monoisotopic (exact) mass is 250 g/mol. The molecule has 2 aliphatic rings. The van der Waals surface area contributed by atoms with Crippen LogP contribution in [0.15, 0.2) is 45.7 Å². The van der Waals surface area contributed by atoms with Crippen LogP contribution in [0.4, 0.5) is 0 Å². The van der Waals surface area contributed by atoms with Gasteiger partial charge in [0.1, 0.15) is 0 Å². The molecule has 1 fully saturated rings. The van der Waals surface area contributed by atoms with Gasteiger partial charge in [0.15, 0.2) is 0 Å². The maximum Gasteiger partial charge on any atom is 0.205 e. The third-order valence-electron chi connectivity index (χ3n) is 3.54. The third kappa shape index (κ3) is 1.72. The van der Waals surface area contributed by atoms with Crippen molar-refractivity contribution in [2.24, 2.45) is 5.92 Å². The molecule has 1 aromatic carbocycles. The molecule has 0 spiro atoms. The minimum Gasteiger partial charge on any atom is -0.375 e.